The van der Waals surface area contributed by atoms with Crippen LogP contribution in [0.4, 0.5) is 5.82 Å². The molecule has 0 unspecified atom stereocenters. The van der Waals surface area contributed by atoms with Gasteiger partial charge in [-0.1, -0.05) is 52.3 Å². The van der Waals surface area contributed by atoms with Crippen molar-refractivity contribution >= 4 is 33.3 Å². The van der Waals surface area contributed by atoms with Crippen LogP contribution in [0.5, 0.6) is 5.75 Å². The van der Waals surface area contributed by atoms with Crippen molar-refractivity contribution in [2.45, 2.75) is 0 Å². The van der Waals surface area contributed by atoms with Gasteiger partial charge in [-0.25, -0.2) is 4.98 Å². The van der Waals surface area contributed by atoms with Gasteiger partial charge < -0.3 is 10.1 Å². The quantitative estimate of drug-likeness (QED) is 0.504. The van der Waals surface area contributed by atoms with Crippen LogP contribution >= 0.6 is 15.9 Å². The summed E-state index contributed by atoms with van der Waals surface area (Å²) in [6.07, 6.45) is 1.87. The van der Waals surface area contributed by atoms with Gasteiger partial charge in [0, 0.05) is 16.2 Å². The highest BCUT2D eigenvalue weighted by Crippen LogP contribution is 2.28. The van der Waals surface area contributed by atoms with Crippen molar-refractivity contribution in [2.75, 3.05) is 11.9 Å². The number of aromatic nitrogens is 2. The fraction of sp³-hybridized carbons (Fsp3) is 0.0476. The third-order valence-electron chi connectivity index (χ3n) is 4.02. The number of nitrogens with zero attached hydrogens (tertiary/aromatic N) is 2. The predicted octanol–water partition coefficient (Wildman–Crippen LogP) is 4.78. The Balaban J connectivity index is 1.59. The molecule has 0 bridgehead atoms. The summed E-state index contributed by atoms with van der Waals surface area (Å²) < 4.78 is 8.38. The van der Waals surface area contributed by atoms with Crippen molar-refractivity contribution in [3.05, 3.63) is 83.5 Å². The third-order valence-corrected chi connectivity index (χ3v) is 4.55. The van der Waals surface area contributed by atoms with Gasteiger partial charge >= 0.3 is 0 Å². The van der Waals surface area contributed by atoms with E-state index in [1.54, 1.807) is 12.1 Å². The lowest BCUT2D eigenvalue weighted by molar-refractivity contribution is -0.118. The number of halogens is 1. The molecule has 0 saturated heterocycles. The van der Waals surface area contributed by atoms with Crippen molar-refractivity contribution in [2.24, 2.45) is 0 Å². The van der Waals surface area contributed by atoms with Gasteiger partial charge in [-0.05, 0) is 36.4 Å². The van der Waals surface area contributed by atoms with Gasteiger partial charge in [-0.3, -0.25) is 9.20 Å². The summed E-state index contributed by atoms with van der Waals surface area (Å²) in [6, 6.07) is 22.8. The standard InChI is InChI=1S/C21H16BrN3O2/c22-16-9-11-17(12-10-16)27-14-19(26)24-21-20(15-6-2-1-3-7-15)23-18-8-4-5-13-25(18)21/h1-13H,14H2,(H,24,26). The number of fused-ring (bicyclic) bond motifs is 1. The molecule has 2 aromatic carbocycles. The Morgan fingerprint density at radius 3 is 2.52 bits per heavy atom. The molecule has 4 rings (SSSR count). The summed E-state index contributed by atoms with van der Waals surface area (Å²) >= 11 is 3.37. The smallest absolute Gasteiger partial charge is 0.263 e. The summed E-state index contributed by atoms with van der Waals surface area (Å²) in [5, 5.41) is 2.94. The predicted molar refractivity (Wildman–Crippen MR) is 109 cm³/mol. The van der Waals surface area contributed by atoms with E-state index in [0.717, 1.165) is 21.4 Å². The Morgan fingerprint density at radius 1 is 1.00 bits per heavy atom. The van der Waals surface area contributed by atoms with E-state index in [2.05, 4.69) is 26.2 Å². The number of ether oxygens (including phenoxy) is 1. The summed E-state index contributed by atoms with van der Waals surface area (Å²) in [5.41, 5.74) is 2.42. The van der Waals surface area contributed by atoms with E-state index >= 15 is 0 Å². The Bertz CT molecular complexity index is 1080. The number of carbonyl (C=O) groups is 1. The molecule has 0 aliphatic carbocycles. The van der Waals surface area contributed by atoms with Gasteiger partial charge in [-0.15, -0.1) is 0 Å². The number of imidazole rings is 1. The van der Waals surface area contributed by atoms with E-state index in [1.165, 1.54) is 0 Å². The molecule has 1 N–H and O–H groups in total. The lowest BCUT2D eigenvalue weighted by Crippen LogP contribution is -2.21. The molecule has 0 spiro atoms. The first-order chi connectivity index (χ1) is 13.2. The highest BCUT2D eigenvalue weighted by atomic mass is 79.9. The largest absolute Gasteiger partial charge is 0.484 e. The van der Waals surface area contributed by atoms with Crippen molar-refractivity contribution < 1.29 is 9.53 Å². The van der Waals surface area contributed by atoms with Crippen LogP contribution in [0.3, 0.4) is 0 Å². The maximum atomic E-state index is 12.5. The van der Waals surface area contributed by atoms with Crippen LogP contribution in [0.1, 0.15) is 0 Å². The normalized spacial score (nSPS) is 10.7. The lowest BCUT2D eigenvalue weighted by atomic mass is 10.1. The zero-order valence-electron chi connectivity index (χ0n) is 14.3. The van der Waals surface area contributed by atoms with E-state index in [-0.39, 0.29) is 12.5 Å². The van der Waals surface area contributed by atoms with Crippen LogP contribution in [-0.4, -0.2) is 21.9 Å². The molecular formula is C21H16BrN3O2. The Morgan fingerprint density at radius 2 is 1.74 bits per heavy atom. The minimum Gasteiger partial charge on any atom is -0.484 e. The maximum Gasteiger partial charge on any atom is 0.263 e. The second-order valence-corrected chi connectivity index (χ2v) is 6.81. The molecule has 6 heteroatoms. The molecule has 134 valence electrons. The van der Waals surface area contributed by atoms with Crippen molar-refractivity contribution in [1.82, 2.24) is 9.38 Å². The zero-order valence-corrected chi connectivity index (χ0v) is 15.9. The number of pyridine rings is 1. The number of amides is 1. The van der Waals surface area contributed by atoms with Crippen molar-refractivity contribution in [3.8, 4) is 17.0 Å². The van der Waals surface area contributed by atoms with Crippen LogP contribution in [0, 0.1) is 0 Å². The molecule has 1 amide bonds. The Kier molecular flexibility index (Phi) is 4.89. The van der Waals surface area contributed by atoms with E-state index in [9.17, 15) is 4.79 Å². The molecule has 0 aliphatic heterocycles. The summed E-state index contributed by atoms with van der Waals surface area (Å²) in [4.78, 5) is 17.2. The molecule has 2 heterocycles. The number of anilines is 1. The van der Waals surface area contributed by atoms with Gasteiger partial charge in [0.15, 0.2) is 6.61 Å². The van der Waals surface area contributed by atoms with E-state index < -0.39 is 0 Å². The highest BCUT2D eigenvalue weighted by molar-refractivity contribution is 9.10. The first-order valence-corrected chi connectivity index (χ1v) is 9.21. The number of carbonyl (C=O) groups excluding carboxylic acids is 1. The van der Waals surface area contributed by atoms with Crippen LogP contribution in [0.25, 0.3) is 16.9 Å². The number of benzene rings is 2. The van der Waals surface area contributed by atoms with Crippen LogP contribution < -0.4 is 10.1 Å². The maximum absolute atomic E-state index is 12.5. The monoisotopic (exact) mass is 421 g/mol. The molecule has 0 saturated carbocycles. The van der Waals surface area contributed by atoms with Gasteiger partial charge in [0.05, 0.1) is 0 Å². The zero-order chi connectivity index (χ0) is 18.6. The summed E-state index contributed by atoms with van der Waals surface area (Å²) in [6.45, 7) is -0.0874. The lowest BCUT2D eigenvalue weighted by Gasteiger charge is -2.09. The number of hydrogen-bond donors (Lipinski definition) is 1. The molecule has 5 nitrogen and oxygen atoms in total. The second-order valence-electron chi connectivity index (χ2n) is 5.89. The number of nitrogens with one attached hydrogen (secondary N) is 1. The van der Waals surface area contributed by atoms with Gasteiger partial charge in [0.2, 0.25) is 0 Å². The SMILES string of the molecule is O=C(COc1ccc(Br)cc1)Nc1c(-c2ccccc2)nc2ccccn12. The topological polar surface area (TPSA) is 55.6 Å². The molecule has 0 radical (unpaired) electrons. The number of rotatable bonds is 5. The van der Waals surface area contributed by atoms with Crippen LogP contribution in [0.2, 0.25) is 0 Å². The fourth-order valence-electron chi connectivity index (χ4n) is 2.76. The van der Waals surface area contributed by atoms with E-state index in [0.29, 0.717) is 11.6 Å². The van der Waals surface area contributed by atoms with Gasteiger partial charge in [-0.2, -0.15) is 0 Å². The Hall–Kier alpha value is -3.12. The molecule has 2 aromatic heterocycles. The summed E-state index contributed by atoms with van der Waals surface area (Å²) in [7, 11) is 0. The van der Waals surface area contributed by atoms with Crippen LogP contribution in [-0.2, 0) is 4.79 Å². The first-order valence-electron chi connectivity index (χ1n) is 8.41. The first kappa shape index (κ1) is 17.3. The average molecular weight is 422 g/mol. The molecule has 27 heavy (non-hydrogen) atoms. The van der Waals surface area contributed by atoms with Crippen molar-refractivity contribution in [3.63, 3.8) is 0 Å². The van der Waals surface area contributed by atoms with Crippen LogP contribution in [0.15, 0.2) is 83.5 Å². The third kappa shape index (κ3) is 3.85. The molecule has 0 atom stereocenters. The van der Waals surface area contributed by atoms with Gasteiger partial charge in [0.25, 0.3) is 5.91 Å². The summed E-state index contributed by atoms with van der Waals surface area (Å²) in [5.74, 6) is 1.01. The number of hydrogen-bond acceptors (Lipinski definition) is 3. The molecular weight excluding hydrogens is 406 g/mol. The minimum atomic E-state index is -0.249. The molecule has 0 fully saturated rings. The molecule has 0 aliphatic rings. The van der Waals surface area contributed by atoms with Crippen molar-refractivity contribution in [1.29, 1.82) is 0 Å². The van der Waals surface area contributed by atoms with E-state index in [1.807, 2.05) is 71.3 Å². The van der Waals surface area contributed by atoms with E-state index in [4.69, 9.17) is 4.74 Å². The minimum absolute atomic E-state index is 0.0874. The average Bonchev–Trinajstić information content (AvgIpc) is 3.07. The highest BCUT2D eigenvalue weighted by Gasteiger charge is 2.16. The molecule has 4 aromatic rings. The Labute approximate surface area is 164 Å². The second kappa shape index (κ2) is 7.63. The fourth-order valence-corrected chi connectivity index (χ4v) is 3.02. The van der Waals surface area contributed by atoms with Gasteiger partial charge in [0.1, 0.15) is 22.9 Å².